The molecule has 0 aliphatic heterocycles. The molecule has 0 atom stereocenters. The predicted octanol–water partition coefficient (Wildman–Crippen LogP) is 5.70. The van der Waals surface area contributed by atoms with Crippen molar-refractivity contribution in [2.45, 2.75) is 23.0 Å². The van der Waals surface area contributed by atoms with Crippen LogP contribution in [-0.2, 0) is 6.18 Å². The van der Waals surface area contributed by atoms with Crippen molar-refractivity contribution >= 4 is 23.4 Å². The Hall–Kier alpha value is -2.54. The molecular weight excluding hydrogens is 347 g/mol. The van der Waals surface area contributed by atoms with Crippen molar-refractivity contribution < 1.29 is 13.2 Å². The maximum absolute atomic E-state index is 13.2. The van der Waals surface area contributed by atoms with E-state index in [0.29, 0.717) is 4.90 Å². The minimum absolute atomic E-state index is 0.122. The van der Waals surface area contributed by atoms with Gasteiger partial charge in [0.2, 0.25) is 5.95 Å². The van der Waals surface area contributed by atoms with Crippen molar-refractivity contribution in [3.05, 3.63) is 71.9 Å². The van der Waals surface area contributed by atoms with Gasteiger partial charge in [-0.2, -0.15) is 13.2 Å². The molecule has 0 aliphatic carbocycles. The van der Waals surface area contributed by atoms with E-state index in [1.165, 1.54) is 0 Å². The summed E-state index contributed by atoms with van der Waals surface area (Å²) >= 11 is 0.958. The number of hydrogen-bond donors (Lipinski definition) is 1. The summed E-state index contributed by atoms with van der Waals surface area (Å²) in [6.07, 6.45) is -3.70. The molecule has 7 heteroatoms. The van der Waals surface area contributed by atoms with Gasteiger partial charge < -0.3 is 5.32 Å². The van der Waals surface area contributed by atoms with Crippen LogP contribution in [0.15, 0.2) is 70.7 Å². The number of rotatable bonds is 4. The van der Waals surface area contributed by atoms with Crippen molar-refractivity contribution in [1.29, 1.82) is 0 Å². The van der Waals surface area contributed by atoms with Gasteiger partial charge in [0.15, 0.2) is 0 Å². The van der Waals surface area contributed by atoms with Gasteiger partial charge in [0, 0.05) is 16.8 Å². The van der Waals surface area contributed by atoms with Crippen LogP contribution in [0.3, 0.4) is 0 Å². The van der Waals surface area contributed by atoms with Crippen LogP contribution in [0.4, 0.5) is 24.8 Å². The largest absolute Gasteiger partial charge is 0.420 e. The highest BCUT2D eigenvalue weighted by Crippen LogP contribution is 2.38. The lowest BCUT2D eigenvalue weighted by Gasteiger charge is -2.13. The normalized spacial score (nSPS) is 11.4. The summed E-state index contributed by atoms with van der Waals surface area (Å²) in [5.74, 6) is 0.122. The van der Waals surface area contributed by atoms with Crippen molar-refractivity contribution in [1.82, 2.24) is 9.97 Å². The molecule has 0 saturated carbocycles. The van der Waals surface area contributed by atoms with Gasteiger partial charge in [-0.15, -0.1) is 0 Å². The number of benzene rings is 2. The zero-order chi connectivity index (χ0) is 17.9. The van der Waals surface area contributed by atoms with Crippen LogP contribution >= 0.6 is 11.8 Å². The second-order valence-corrected chi connectivity index (χ2v) is 6.38. The third kappa shape index (κ3) is 4.51. The number of aromatic nitrogens is 2. The van der Waals surface area contributed by atoms with Crippen LogP contribution in [0.1, 0.15) is 11.1 Å². The maximum Gasteiger partial charge on any atom is 0.420 e. The van der Waals surface area contributed by atoms with Crippen LogP contribution in [0.5, 0.6) is 0 Å². The molecule has 1 N–H and O–H groups in total. The van der Waals surface area contributed by atoms with E-state index in [0.717, 1.165) is 29.2 Å². The fraction of sp³-hybridized carbons (Fsp3) is 0.111. The Kier molecular flexibility index (Phi) is 4.94. The fourth-order valence-electron chi connectivity index (χ4n) is 2.15. The van der Waals surface area contributed by atoms with E-state index < -0.39 is 11.7 Å². The molecule has 0 saturated heterocycles. The Labute approximate surface area is 147 Å². The lowest BCUT2D eigenvalue weighted by molar-refractivity contribution is -0.140. The minimum atomic E-state index is -4.51. The van der Waals surface area contributed by atoms with Crippen molar-refractivity contribution in [2.24, 2.45) is 0 Å². The summed E-state index contributed by atoms with van der Waals surface area (Å²) < 4.78 is 39.7. The Morgan fingerprint density at radius 2 is 1.76 bits per heavy atom. The number of aryl methyl sites for hydroxylation is 1. The highest BCUT2D eigenvalue weighted by atomic mass is 32.2. The molecule has 0 fully saturated rings. The van der Waals surface area contributed by atoms with Crippen LogP contribution < -0.4 is 5.32 Å². The topological polar surface area (TPSA) is 37.8 Å². The summed E-state index contributed by atoms with van der Waals surface area (Å²) in [7, 11) is 0. The number of alkyl halides is 3. The molecule has 1 aromatic heterocycles. The molecule has 1 heterocycles. The standard InChI is InChI=1S/C18H14F3N3S/c1-12-6-5-7-13(10-12)23-17-22-11-15(18(19,20)21)16(24-17)25-14-8-3-2-4-9-14/h2-11H,1H3,(H,22,23,24). The van der Waals surface area contributed by atoms with Gasteiger partial charge in [0.05, 0.1) is 0 Å². The van der Waals surface area contributed by atoms with Gasteiger partial charge in [-0.05, 0) is 36.8 Å². The van der Waals surface area contributed by atoms with E-state index in [1.807, 2.05) is 25.1 Å². The van der Waals surface area contributed by atoms with E-state index in [9.17, 15) is 13.2 Å². The number of halogens is 3. The van der Waals surface area contributed by atoms with E-state index in [2.05, 4.69) is 15.3 Å². The number of hydrogen-bond acceptors (Lipinski definition) is 4. The molecule has 0 bridgehead atoms. The van der Waals surface area contributed by atoms with Crippen molar-refractivity contribution in [2.75, 3.05) is 5.32 Å². The first-order valence-corrected chi connectivity index (χ1v) is 8.24. The van der Waals surface area contributed by atoms with Crippen LogP contribution in [-0.4, -0.2) is 9.97 Å². The predicted molar refractivity (Wildman–Crippen MR) is 92.1 cm³/mol. The first kappa shape index (κ1) is 17.3. The monoisotopic (exact) mass is 361 g/mol. The van der Waals surface area contributed by atoms with Gasteiger partial charge in [-0.3, -0.25) is 0 Å². The van der Waals surface area contributed by atoms with E-state index in [1.54, 1.807) is 36.4 Å². The average Bonchev–Trinajstić information content (AvgIpc) is 2.55. The zero-order valence-corrected chi connectivity index (χ0v) is 14.0. The van der Waals surface area contributed by atoms with E-state index in [4.69, 9.17) is 0 Å². The van der Waals surface area contributed by atoms with Gasteiger partial charge >= 0.3 is 6.18 Å². The van der Waals surface area contributed by atoms with E-state index in [-0.39, 0.29) is 11.0 Å². The van der Waals surface area contributed by atoms with Crippen LogP contribution in [0.25, 0.3) is 0 Å². The highest BCUT2D eigenvalue weighted by Gasteiger charge is 2.35. The Morgan fingerprint density at radius 1 is 1.00 bits per heavy atom. The van der Waals surface area contributed by atoms with Gasteiger partial charge in [0.25, 0.3) is 0 Å². The smallest absolute Gasteiger partial charge is 0.324 e. The molecule has 0 spiro atoms. The van der Waals surface area contributed by atoms with Gasteiger partial charge in [-0.1, -0.05) is 42.1 Å². The quantitative estimate of drug-likeness (QED) is 0.605. The minimum Gasteiger partial charge on any atom is -0.324 e. The summed E-state index contributed by atoms with van der Waals surface area (Å²) in [6.45, 7) is 1.93. The molecule has 3 nitrogen and oxygen atoms in total. The number of nitrogens with one attached hydrogen (secondary N) is 1. The van der Waals surface area contributed by atoms with Crippen molar-refractivity contribution in [3.8, 4) is 0 Å². The first-order chi connectivity index (χ1) is 11.9. The summed E-state index contributed by atoms with van der Waals surface area (Å²) in [5.41, 5.74) is 0.891. The summed E-state index contributed by atoms with van der Waals surface area (Å²) in [5, 5.41) is 2.81. The van der Waals surface area contributed by atoms with E-state index >= 15 is 0 Å². The first-order valence-electron chi connectivity index (χ1n) is 7.42. The zero-order valence-electron chi connectivity index (χ0n) is 13.2. The van der Waals surface area contributed by atoms with Crippen LogP contribution in [0.2, 0.25) is 0 Å². The Bertz CT molecular complexity index is 867. The second-order valence-electron chi connectivity index (χ2n) is 5.32. The molecule has 0 unspecified atom stereocenters. The molecule has 3 aromatic rings. The SMILES string of the molecule is Cc1cccc(Nc2ncc(C(F)(F)F)c(Sc3ccccc3)n2)c1. The number of nitrogens with zero attached hydrogens (tertiary/aromatic N) is 2. The maximum atomic E-state index is 13.2. The third-order valence-corrected chi connectivity index (χ3v) is 4.30. The molecular formula is C18H14F3N3S. The lowest BCUT2D eigenvalue weighted by atomic mass is 10.2. The van der Waals surface area contributed by atoms with Crippen LogP contribution in [0, 0.1) is 6.92 Å². The number of anilines is 2. The summed E-state index contributed by atoms with van der Waals surface area (Å²) in [6, 6.07) is 16.3. The molecule has 0 amide bonds. The van der Waals surface area contributed by atoms with Crippen molar-refractivity contribution in [3.63, 3.8) is 0 Å². The highest BCUT2D eigenvalue weighted by molar-refractivity contribution is 7.99. The average molecular weight is 361 g/mol. The second kappa shape index (κ2) is 7.14. The Balaban J connectivity index is 1.95. The van der Waals surface area contributed by atoms with Gasteiger partial charge in [-0.25, -0.2) is 9.97 Å². The molecule has 0 radical (unpaired) electrons. The summed E-state index contributed by atoms with van der Waals surface area (Å²) in [4.78, 5) is 8.57. The molecule has 2 aromatic carbocycles. The molecule has 0 aliphatic rings. The Morgan fingerprint density at radius 3 is 2.44 bits per heavy atom. The lowest BCUT2D eigenvalue weighted by Crippen LogP contribution is -2.10. The molecule has 3 rings (SSSR count). The van der Waals surface area contributed by atoms with Gasteiger partial charge in [0.1, 0.15) is 10.6 Å². The molecule has 128 valence electrons. The fourth-order valence-corrected chi connectivity index (χ4v) is 3.08. The molecule has 25 heavy (non-hydrogen) atoms. The third-order valence-electron chi connectivity index (χ3n) is 3.29.